The summed E-state index contributed by atoms with van der Waals surface area (Å²) in [6, 6.07) is 7.71. The van der Waals surface area contributed by atoms with Crippen LogP contribution in [-0.4, -0.2) is 62.5 Å². The van der Waals surface area contributed by atoms with Gasteiger partial charge < -0.3 is 15.1 Å². The lowest BCUT2D eigenvalue weighted by Crippen LogP contribution is -2.43. The summed E-state index contributed by atoms with van der Waals surface area (Å²) in [5, 5.41) is 3.18. The Morgan fingerprint density at radius 1 is 1.35 bits per heavy atom. The number of carbonyl (C=O) groups is 1. The molecule has 2 rings (SSSR count). The van der Waals surface area contributed by atoms with Gasteiger partial charge in [0.15, 0.2) is 0 Å². The Hall–Kier alpha value is -0.910. The van der Waals surface area contributed by atoms with E-state index >= 15 is 0 Å². The zero-order valence-corrected chi connectivity index (χ0v) is 13.9. The van der Waals surface area contributed by atoms with Gasteiger partial charge in [-0.3, -0.25) is 4.79 Å². The molecule has 1 amide bonds. The number of likely N-dealkylation sites (tertiary alicyclic amines) is 1. The highest BCUT2D eigenvalue weighted by Crippen LogP contribution is 2.17. The minimum absolute atomic E-state index is 0.0153. The highest BCUT2D eigenvalue weighted by atomic mass is 79.9. The standard InChI is InChI=1S/C15H22BrN3O/c1-18(2)8-12-9-19(3)10-14(12)17-15(20)11-4-6-13(16)7-5-11/h4-7,12,14H,8-10H2,1-3H3,(H,17,20)/t12-,14-/m1/s1. The molecule has 0 bridgehead atoms. The summed E-state index contributed by atoms with van der Waals surface area (Å²) < 4.78 is 0.986. The first-order valence-electron chi connectivity index (χ1n) is 6.85. The maximum Gasteiger partial charge on any atom is 0.251 e. The molecular weight excluding hydrogens is 318 g/mol. The zero-order chi connectivity index (χ0) is 14.7. The minimum atomic E-state index is 0.0153. The third-order valence-corrected chi connectivity index (χ3v) is 4.17. The van der Waals surface area contributed by atoms with Gasteiger partial charge in [0, 0.05) is 41.6 Å². The topological polar surface area (TPSA) is 35.6 Å². The number of rotatable bonds is 4. The third kappa shape index (κ3) is 4.04. The van der Waals surface area contributed by atoms with Gasteiger partial charge >= 0.3 is 0 Å². The molecule has 1 heterocycles. The molecule has 0 radical (unpaired) electrons. The summed E-state index contributed by atoms with van der Waals surface area (Å²) in [5.74, 6) is 0.496. The second-order valence-corrected chi connectivity index (χ2v) is 6.75. The molecule has 1 fully saturated rings. The fraction of sp³-hybridized carbons (Fsp3) is 0.533. The first-order chi connectivity index (χ1) is 9.45. The highest BCUT2D eigenvalue weighted by Gasteiger charge is 2.32. The molecule has 1 aliphatic rings. The number of halogens is 1. The molecule has 1 aromatic carbocycles. The Kier molecular flexibility index (Phi) is 5.18. The molecule has 4 nitrogen and oxygen atoms in total. The van der Waals surface area contributed by atoms with E-state index in [9.17, 15) is 4.79 Å². The third-order valence-electron chi connectivity index (χ3n) is 3.65. The van der Waals surface area contributed by atoms with Crippen LogP contribution in [0.15, 0.2) is 28.7 Å². The number of nitrogens with one attached hydrogen (secondary N) is 1. The SMILES string of the molecule is CN(C)C[C@@H]1CN(C)C[C@H]1NC(=O)c1ccc(Br)cc1. The van der Waals surface area contributed by atoms with E-state index in [0.29, 0.717) is 11.5 Å². The van der Waals surface area contributed by atoms with Crippen molar-refractivity contribution in [2.75, 3.05) is 40.8 Å². The summed E-state index contributed by atoms with van der Waals surface area (Å²) in [5.41, 5.74) is 0.714. The molecule has 1 aromatic rings. The predicted octanol–water partition coefficient (Wildman–Crippen LogP) is 1.67. The summed E-state index contributed by atoms with van der Waals surface area (Å²) in [7, 11) is 6.26. The van der Waals surface area contributed by atoms with Crippen LogP contribution >= 0.6 is 15.9 Å². The monoisotopic (exact) mass is 339 g/mol. The van der Waals surface area contributed by atoms with E-state index in [1.54, 1.807) is 0 Å². The van der Waals surface area contributed by atoms with Crippen molar-refractivity contribution < 1.29 is 4.79 Å². The molecule has 20 heavy (non-hydrogen) atoms. The average molecular weight is 340 g/mol. The van der Waals surface area contributed by atoms with Crippen molar-refractivity contribution in [1.82, 2.24) is 15.1 Å². The van der Waals surface area contributed by atoms with Crippen molar-refractivity contribution in [1.29, 1.82) is 0 Å². The fourth-order valence-corrected chi connectivity index (χ4v) is 3.02. The largest absolute Gasteiger partial charge is 0.348 e. The number of nitrogens with zero attached hydrogens (tertiary/aromatic N) is 2. The number of hydrogen-bond donors (Lipinski definition) is 1. The molecule has 1 N–H and O–H groups in total. The molecular formula is C15H22BrN3O. The lowest BCUT2D eigenvalue weighted by Gasteiger charge is -2.23. The quantitative estimate of drug-likeness (QED) is 0.906. The Labute approximate surface area is 129 Å². The Morgan fingerprint density at radius 3 is 2.60 bits per heavy atom. The molecule has 110 valence electrons. The van der Waals surface area contributed by atoms with E-state index in [4.69, 9.17) is 0 Å². The normalized spacial score (nSPS) is 23.2. The molecule has 0 unspecified atom stereocenters. The van der Waals surface area contributed by atoms with Gasteiger partial charge in [-0.2, -0.15) is 0 Å². The van der Waals surface area contributed by atoms with Crippen LogP contribution in [0.1, 0.15) is 10.4 Å². The highest BCUT2D eigenvalue weighted by molar-refractivity contribution is 9.10. The molecule has 0 saturated carbocycles. The van der Waals surface area contributed by atoms with E-state index in [1.165, 1.54) is 0 Å². The molecule has 1 saturated heterocycles. The number of carbonyl (C=O) groups excluding carboxylic acids is 1. The van der Waals surface area contributed by atoms with Crippen LogP contribution < -0.4 is 5.32 Å². The van der Waals surface area contributed by atoms with E-state index < -0.39 is 0 Å². The summed E-state index contributed by atoms with van der Waals surface area (Å²) in [6.45, 7) is 2.94. The van der Waals surface area contributed by atoms with E-state index in [-0.39, 0.29) is 11.9 Å². The summed E-state index contributed by atoms with van der Waals surface area (Å²) in [6.07, 6.45) is 0. The van der Waals surface area contributed by atoms with Gasteiger partial charge in [-0.25, -0.2) is 0 Å². The number of amides is 1. The second-order valence-electron chi connectivity index (χ2n) is 5.83. The van der Waals surface area contributed by atoms with Crippen molar-refractivity contribution >= 4 is 21.8 Å². The Morgan fingerprint density at radius 2 is 2.00 bits per heavy atom. The molecule has 0 spiro atoms. The van der Waals surface area contributed by atoms with Crippen molar-refractivity contribution in [2.24, 2.45) is 5.92 Å². The molecule has 5 heteroatoms. The van der Waals surface area contributed by atoms with Crippen LogP contribution in [0.5, 0.6) is 0 Å². The Bertz CT molecular complexity index is 461. The van der Waals surface area contributed by atoms with Gasteiger partial charge in [-0.1, -0.05) is 15.9 Å². The van der Waals surface area contributed by atoms with Crippen LogP contribution in [0.3, 0.4) is 0 Å². The van der Waals surface area contributed by atoms with E-state index in [1.807, 2.05) is 24.3 Å². The first-order valence-corrected chi connectivity index (χ1v) is 7.64. The van der Waals surface area contributed by atoms with E-state index in [0.717, 1.165) is 24.1 Å². The maximum absolute atomic E-state index is 12.3. The van der Waals surface area contributed by atoms with Crippen LogP contribution in [0, 0.1) is 5.92 Å². The summed E-state index contributed by atoms with van der Waals surface area (Å²) >= 11 is 3.38. The lowest BCUT2D eigenvalue weighted by molar-refractivity contribution is 0.0927. The predicted molar refractivity (Wildman–Crippen MR) is 84.9 cm³/mol. The smallest absolute Gasteiger partial charge is 0.251 e. The van der Waals surface area contributed by atoms with Crippen LogP contribution in [0.25, 0.3) is 0 Å². The van der Waals surface area contributed by atoms with Crippen molar-refractivity contribution in [3.63, 3.8) is 0 Å². The average Bonchev–Trinajstić information content (AvgIpc) is 2.69. The summed E-state index contributed by atoms with van der Waals surface area (Å²) in [4.78, 5) is 16.8. The van der Waals surface area contributed by atoms with Crippen molar-refractivity contribution in [2.45, 2.75) is 6.04 Å². The molecule has 0 aromatic heterocycles. The van der Waals surface area contributed by atoms with Gasteiger partial charge in [0.2, 0.25) is 0 Å². The van der Waals surface area contributed by atoms with E-state index in [2.05, 4.69) is 52.2 Å². The minimum Gasteiger partial charge on any atom is -0.348 e. The molecule has 1 aliphatic heterocycles. The number of benzene rings is 1. The van der Waals surface area contributed by atoms with Crippen LogP contribution in [-0.2, 0) is 0 Å². The zero-order valence-electron chi connectivity index (χ0n) is 12.3. The number of hydrogen-bond acceptors (Lipinski definition) is 3. The van der Waals surface area contributed by atoms with Gasteiger partial charge in [0.25, 0.3) is 5.91 Å². The van der Waals surface area contributed by atoms with Gasteiger partial charge in [-0.05, 0) is 45.4 Å². The lowest BCUT2D eigenvalue weighted by atomic mass is 10.0. The molecule has 2 atom stereocenters. The van der Waals surface area contributed by atoms with Crippen molar-refractivity contribution in [3.8, 4) is 0 Å². The van der Waals surface area contributed by atoms with Gasteiger partial charge in [-0.15, -0.1) is 0 Å². The number of likely N-dealkylation sites (N-methyl/N-ethyl adjacent to an activating group) is 1. The fourth-order valence-electron chi connectivity index (χ4n) is 2.76. The second kappa shape index (κ2) is 6.70. The van der Waals surface area contributed by atoms with Gasteiger partial charge in [0.05, 0.1) is 0 Å². The van der Waals surface area contributed by atoms with Crippen molar-refractivity contribution in [3.05, 3.63) is 34.3 Å². The maximum atomic E-state index is 12.3. The molecule has 0 aliphatic carbocycles. The van der Waals surface area contributed by atoms with Crippen LogP contribution in [0.2, 0.25) is 0 Å². The van der Waals surface area contributed by atoms with Gasteiger partial charge in [0.1, 0.15) is 0 Å². The first kappa shape index (κ1) is 15.5. The van der Waals surface area contributed by atoms with Crippen LogP contribution in [0.4, 0.5) is 0 Å². The Balaban J connectivity index is 2.00.